The maximum atomic E-state index is 11.6. The summed E-state index contributed by atoms with van der Waals surface area (Å²) in [5.41, 5.74) is 0.527. The van der Waals surface area contributed by atoms with Crippen LogP contribution in [0.15, 0.2) is 45.5 Å². The van der Waals surface area contributed by atoms with Crippen LogP contribution in [0.3, 0.4) is 0 Å². The molecular weight excluding hydrogens is 350 g/mol. The predicted molar refractivity (Wildman–Crippen MR) is 76.8 cm³/mol. The van der Waals surface area contributed by atoms with Crippen molar-refractivity contribution in [1.29, 1.82) is 0 Å². The van der Waals surface area contributed by atoms with Gasteiger partial charge in [0.05, 0.1) is 0 Å². The molecule has 0 fully saturated rings. The SMILES string of the molecule is O=C(COC(=O)c1ccc(Br)o1)Nc1cccc(Cl)c1. The molecule has 0 aliphatic rings. The molecule has 1 aromatic carbocycles. The normalized spacial score (nSPS) is 10.1. The fourth-order valence-corrected chi connectivity index (χ4v) is 1.89. The van der Waals surface area contributed by atoms with Gasteiger partial charge in [-0.25, -0.2) is 4.79 Å². The lowest BCUT2D eigenvalue weighted by Crippen LogP contribution is -2.20. The number of nitrogens with one attached hydrogen (secondary N) is 1. The number of ether oxygens (including phenoxy) is 1. The van der Waals surface area contributed by atoms with E-state index in [1.165, 1.54) is 6.07 Å². The van der Waals surface area contributed by atoms with Crippen molar-refractivity contribution in [3.63, 3.8) is 0 Å². The largest absolute Gasteiger partial charge is 0.450 e. The molecule has 0 spiro atoms. The number of halogens is 2. The Labute approximate surface area is 128 Å². The summed E-state index contributed by atoms with van der Waals surface area (Å²) in [6.45, 7) is -0.413. The number of esters is 1. The van der Waals surface area contributed by atoms with Gasteiger partial charge in [0.25, 0.3) is 5.91 Å². The molecule has 1 heterocycles. The minimum atomic E-state index is -0.711. The van der Waals surface area contributed by atoms with Gasteiger partial charge in [0.15, 0.2) is 11.3 Å². The van der Waals surface area contributed by atoms with Crippen molar-refractivity contribution in [2.75, 3.05) is 11.9 Å². The Balaban J connectivity index is 1.85. The van der Waals surface area contributed by atoms with Gasteiger partial charge >= 0.3 is 5.97 Å². The highest BCUT2D eigenvalue weighted by atomic mass is 79.9. The Morgan fingerprint density at radius 2 is 2.10 bits per heavy atom. The Kier molecular flexibility index (Phi) is 4.81. The molecular formula is C13H9BrClNO4. The van der Waals surface area contributed by atoms with Crippen LogP contribution in [0.5, 0.6) is 0 Å². The first-order chi connectivity index (χ1) is 9.54. The molecule has 1 aromatic heterocycles. The molecule has 104 valence electrons. The van der Waals surface area contributed by atoms with Gasteiger partial charge in [0.2, 0.25) is 5.76 Å². The first kappa shape index (κ1) is 14.6. The quantitative estimate of drug-likeness (QED) is 0.850. The summed E-state index contributed by atoms with van der Waals surface area (Å²) in [7, 11) is 0. The first-order valence-electron chi connectivity index (χ1n) is 5.52. The average Bonchev–Trinajstić information content (AvgIpc) is 2.83. The van der Waals surface area contributed by atoms with E-state index in [9.17, 15) is 9.59 Å². The second-order valence-corrected chi connectivity index (χ2v) is 4.96. The summed E-state index contributed by atoms with van der Waals surface area (Å²) in [4.78, 5) is 23.1. The van der Waals surface area contributed by atoms with E-state index in [2.05, 4.69) is 21.2 Å². The van der Waals surface area contributed by atoms with Crippen molar-refractivity contribution in [1.82, 2.24) is 0 Å². The summed E-state index contributed by atoms with van der Waals surface area (Å²) < 4.78 is 10.2. The highest BCUT2D eigenvalue weighted by Crippen LogP contribution is 2.16. The first-order valence-corrected chi connectivity index (χ1v) is 6.69. The van der Waals surface area contributed by atoms with Crippen molar-refractivity contribution in [2.24, 2.45) is 0 Å². The van der Waals surface area contributed by atoms with Gasteiger partial charge in [0.1, 0.15) is 0 Å². The lowest BCUT2D eigenvalue weighted by atomic mass is 10.3. The van der Waals surface area contributed by atoms with Crippen molar-refractivity contribution in [3.8, 4) is 0 Å². The number of carbonyl (C=O) groups excluding carboxylic acids is 2. The average molecular weight is 359 g/mol. The molecule has 0 aliphatic carbocycles. The van der Waals surface area contributed by atoms with Gasteiger partial charge in [-0.15, -0.1) is 0 Å². The van der Waals surface area contributed by atoms with E-state index in [1.807, 2.05) is 0 Å². The molecule has 7 heteroatoms. The van der Waals surface area contributed by atoms with Gasteiger partial charge in [0, 0.05) is 10.7 Å². The van der Waals surface area contributed by atoms with E-state index in [0.717, 1.165) is 0 Å². The molecule has 0 atom stereocenters. The van der Waals surface area contributed by atoms with Crippen LogP contribution in [-0.4, -0.2) is 18.5 Å². The molecule has 2 aromatic rings. The molecule has 1 amide bonds. The van der Waals surface area contributed by atoms with Crippen molar-refractivity contribution in [2.45, 2.75) is 0 Å². The minimum absolute atomic E-state index is 0.0208. The summed E-state index contributed by atoms with van der Waals surface area (Å²) >= 11 is 8.85. The molecule has 0 bridgehead atoms. The maximum Gasteiger partial charge on any atom is 0.374 e. The van der Waals surface area contributed by atoms with E-state index < -0.39 is 18.5 Å². The predicted octanol–water partition coefficient (Wildman–Crippen LogP) is 3.49. The molecule has 0 saturated carbocycles. The number of anilines is 1. The summed E-state index contributed by atoms with van der Waals surface area (Å²) in [5.74, 6) is -1.16. The van der Waals surface area contributed by atoms with E-state index in [4.69, 9.17) is 20.8 Å². The van der Waals surface area contributed by atoms with E-state index in [-0.39, 0.29) is 5.76 Å². The molecule has 0 unspecified atom stereocenters. The van der Waals surface area contributed by atoms with Crippen molar-refractivity contribution >= 4 is 45.1 Å². The Morgan fingerprint density at radius 1 is 1.30 bits per heavy atom. The fourth-order valence-electron chi connectivity index (χ4n) is 1.39. The Morgan fingerprint density at radius 3 is 2.75 bits per heavy atom. The summed E-state index contributed by atoms with van der Waals surface area (Å²) in [5, 5.41) is 3.05. The fraction of sp³-hybridized carbons (Fsp3) is 0.0769. The van der Waals surface area contributed by atoms with Crippen LogP contribution in [-0.2, 0) is 9.53 Å². The van der Waals surface area contributed by atoms with Gasteiger partial charge in [-0.2, -0.15) is 0 Å². The number of carbonyl (C=O) groups is 2. The Hall–Kier alpha value is -1.79. The maximum absolute atomic E-state index is 11.6. The molecule has 5 nitrogen and oxygen atoms in total. The topological polar surface area (TPSA) is 68.5 Å². The minimum Gasteiger partial charge on any atom is -0.450 e. The highest BCUT2D eigenvalue weighted by molar-refractivity contribution is 9.10. The van der Waals surface area contributed by atoms with Crippen LogP contribution in [0.25, 0.3) is 0 Å². The lowest BCUT2D eigenvalue weighted by molar-refractivity contribution is -0.119. The molecule has 0 saturated heterocycles. The second-order valence-electron chi connectivity index (χ2n) is 3.74. The third-order valence-corrected chi connectivity index (χ3v) is 2.88. The standard InChI is InChI=1S/C13H9BrClNO4/c14-11-5-4-10(20-11)13(18)19-7-12(17)16-9-3-1-2-8(15)6-9/h1-6H,7H2,(H,16,17). The molecule has 20 heavy (non-hydrogen) atoms. The van der Waals surface area contributed by atoms with Crippen LogP contribution in [0.1, 0.15) is 10.6 Å². The van der Waals surface area contributed by atoms with Crippen LogP contribution in [0.4, 0.5) is 5.69 Å². The highest BCUT2D eigenvalue weighted by Gasteiger charge is 2.14. The lowest BCUT2D eigenvalue weighted by Gasteiger charge is -2.05. The zero-order valence-electron chi connectivity index (χ0n) is 10.1. The molecule has 2 rings (SSSR count). The van der Waals surface area contributed by atoms with Gasteiger partial charge in [-0.1, -0.05) is 17.7 Å². The van der Waals surface area contributed by atoms with Crippen molar-refractivity contribution < 1.29 is 18.7 Å². The van der Waals surface area contributed by atoms with Crippen LogP contribution < -0.4 is 5.32 Å². The number of furan rings is 1. The number of hydrogen-bond donors (Lipinski definition) is 1. The number of amides is 1. The molecule has 0 aliphatic heterocycles. The third kappa shape index (κ3) is 4.11. The number of rotatable bonds is 4. The zero-order chi connectivity index (χ0) is 14.5. The Bertz CT molecular complexity index is 641. The van der Waals surface area contributed by atoms with Crippen molar-refractivity contribution in [3.05, 3.63) is 51.9 Å². The van der Waals surface area contributed by atoms with Crippen LogP contribution >= 0.6 is 27.5 Å². The van der Waals surface area contributed by atoms with Gasteiger partial charge in [-0.3, -0.25) is 4.79 Å². The molecule has 0 radical (unpaired) electrons. The summed E-state index contributed by atoms with van der Waals surface area (Å²) in [6.07, 6.45) is 0. The van der Waals surface area contributed by atoms with Gasteiger partial charge in [-0.05, 0) is 46.3 Å². The monoisotopic (exact) mass is 357 g/mol. The molecule has 1 N–H and O–H groups in total. The number of benzene rings is 1. The second kappa shape index (κ2) is 6.58. The van der Waals surface area contributed by atoms with E-state index >= 15 is 0 Å². The van der Waals surface area contributed by atoms with E-state index in [0.29, 0.717) is 15.4 Å². The smallest absolute Gasteiger partial charge is 0.374 e. The summed E-state index contributed by atoms with van der Waals surface area (Å²) in [6, 6.07) is 9.65. The van der Waals surface area contributed by atoms with Gasteiger partial charge < -0.3 is 14.5 Å². The number of hydrogen-bond acceptors (Lipinski definition) is 4. The van der Waals surface area contributed by atoms with Crippen LogP contribution in [0.2, 0.25) is 5.02 Å². The van der Waals surface area contributed by atoms with E-state index in [1.54, 1.807) is 30.3 Å². The van der Waals surface area contributed by atoms with Crippen LogP contribution in [0, 0.1) is 0 Å². The zero-order valence-corrected chi connectivity index (χ0v) is 12.4. The third-order valence-electron chi connectivity index (χ3n) is 2.22.